The van der Waals surface area contributed by atoms with E-state index in [1.165, 1.54) is 0 Å². The van der Waals surface area contributed by atoms with Crippen molar-refractivity contribution in [3.05, 3.63) is 24.2 Å². The van der Waals surface area contributed by atoms with Gasteiger partial charge in [0.25, 0.3) is 0 Å². The summed E-state index contributed by atoms with van der Waals surface area (Å²) >= 11 is 0. The summed E-state index contributed by atoms with van der Waals surface area (Å²) in [6, 6.07) is 3.83. The van der Waals surface area contributed by atoms with Crippen molar-refractivity contribution in [3.8, 4) is 0 Å². The largest absolute Gasteiger partial charge is 0.469 e. The summed E-state index contributed by atoms with van der Waals surface area (Å²) in [5, 5.41) is 3.40. The third kappa shape index (κ3) is 5.83. The van der Waals surface area contributed by atoms with Gasteiger partial charge in [0.15, 0.2) is 15.8 Å². The molecule has 27 heavy (non-hydrogen) atoms. The van der Waals surface area contributed by atoms with Gasteiger partial charge in [-0.2, -0.15) is 0 Å². The van der Waals surface area contributed by atoms with E-state index in [0.717, 1.165) is 37.8 Å². The zero-order valence-electron chi connectivity index (χ0n) is 16.0. The summed E-state index contributed by atoms with van der Waals surface area (Å²) in [4.78, 5) is 6.86. The Kier molecular flexibility index (Phi) is 7.99. The van der Waals surface area contributed by atoms with Gasteiger partial charge in [0.1, 0.15) is 5.76 Å². The first-order valence-electron chi connectivity index (χ1n) is 9.23. The first kappa shape index (κ1) is 22.5. The summed E-state index contributed by atoms with van der Waals surface area (Å²) in [5.74, 6) is 2.30. The highest BCUT2D eigenvalue weighted by Crippen LogP contribution is 2.24. The Hall–Kier alpha value is -0.810. The molecule has 0 saturated carbocycles. The Morgan fingerprint density at radius 2 is 2.26 bits per heavy atom. The fourth-order valence-corrected chi connectivity index (χ4v) is 4.65. The summed E-state index contributed by atoms with van der Waals surface area (Å²) < 4.78 is 34.6. The molecule has 7 nitrogen and oxygen atoms in total. The predicted molar refractivity (Wildman–Crippen MR) is 116 cm³/mol. The number of hydrogen-bond acceptors (Lipinski definition) is 5. The van der Waals surface area contributed by atoms with Gasteiger partial charge < -0.3 is 19.4 Å². The Morgan fingerprint density at radius 3 is 2.89 bits per heavy atom. The van der Waals surface area contributed by atoms with Gasteiger partial charge in [0.2, 0.25) is 0 Å². The smallest absolute Gasteiger partial charge is 0.194 e. The van der Waals surface area contributed by atoms with Crippen LogP contribution in [0.1, 0.15) is 26.0 Å². The van der Waals surface area contributed by atoms with Crippen LogP contribution in [0.15, 0.2) is 27.8 Å². The Morgan fingerprint density at radius 1 is 1.44 bits per heavy atom. The molecule has 0 spiro atoms. The van der Waals surface area contributed by atoms with Crippen LogP contribution in [0.25, 0.3) is 0 Å². The van der Waals surface area contributed by atoms with E-state index in [-0.39, 0.29) is 29.7 Å². The zero-order valence-corrected chi connectivity index (χ0v) is 19.2. The summed E-state index contributed by atoms with van der Waals surface area (Å²) in [7, 11) is -3.07. The minimum absolute atomic E-state index is 0. The molecule has 2 fully saturated rings. The Labute approximate surface area is 178 Å². The van der Waals surface area contributed by atoms with Gasteiger partial charge in [-0.1, -0.05) is 0 Å². The molecule has 2 aliphatic heterocycles. The lowest BCUT2D eigenvalue weighted by molar-refractivity contribution is 0.187. The average molecular weight is 511 g/mol. The van der Waals surface area contributed by atoms with Gasteiger partial charge >= 0.3 is 0 Å². The molecule has 1 aromatic rings. The van der Waals surface area contributed by atoms with Crippen LogP contribution in [0.5, 0.6) is 0 Å². The number of hydrogen-bond donors (Lipinski definition) is 1. The fraction of sp³-hybridized carbons (Fsp3) is 0.722. The standard InChI is InChI=1S/C18H29N3O4S.HI/c1-18(2)14-21(8-11-26(18,22)23)17(20-12-15-6-10-24-13-15)19-7-5-16-4-3-9-25-16;/h3-4,9,15H,5-8,10-14H2,1-2H3,(H,19,20);1H. The van der Waals surface area contributed by atoms with Gasteiger partial charge in [-0.3, -0.25) is 4.99 Å². The summed E-state index contributed by atoms with van der Waals surface area (Å²) in [6.45, 7) is 7.45. The molecule has 0 radical (unpaired) electrons. The van der Waals surface area contributed by atoms with E-state index < -0.39 is 14.6 Å². The number of halogens is 1. The average Bonchev–Trinajstić information content (AvgIpc) is 3.27. The third-order valence-corrected chi connectivity index (χ3v) is 7.63. The monoisotopic (exact) mass is 511 g/mol. The number of rotatable bonds is 5. The van der Waals surface area contributed by atoms with E-state index in [9.17, 15) is 8.42 Å². The van der Waals surface area contributed by atoms with Crippen LogP contribution >= 0.6 is 24.0 Å². The van der Waals surface area contributed by atoms with Crippen molar-refractivity contribution < 1.29 is 17.6 Å². The second-order valence-corrected chi connectivity index (χ2v) is 10.4. The number of guanidine groups is 1. The predicted octanol–water partition coefficient (Wildman–Crippen LogP) is 1.93. The lowest BCUT2D eigenvalue weighted by Gasteiger charge is -2.39. The Balaban J connectivity index is 0.00000261. The lowest BCUT2D eigenvalue weighted by atomic mass is 10.1. The first-order valence-corrected chi connectivity index (χ1v) is 10.9. The van der Waals surface area contributed by atoms with Crippen LogP contribution in [-0.2, 0) is 21.0 Å². The van der Waals surface area contributed by atoms with E-state index >= 15 is 0 Å². The van der Waals surface area contributed by atoms with Gasteiger partial charge in [-0.25, -0.2) is 8.42 Å². The topological polar surface area (TPSA) is 84.1 Å². The van der Waals surface area contributed by atoms with Crippen LogP contribution in [0.2, 0.25) is 0 Å². The number of sulfone groups is 1. The normalized spacial score (nSPS) is 24.4. The quantitative estimate of drug-likeness (QED) is 0.370. The van der Waals surface area contributed by atoms with E-state index in [1.54, 1.807) is 20.1 Å². The number of aliphatic imine (C=N–C) groups is 1. The molecule has 2 saturated heterocycles. The van der Waals surface area contributed by atoms with Crippen LogP contribution < -0.4 is 5.32 Å². The van der Waals surface area contributed by atoms with Crippen molar-refractivity contribution in [3.63, 3.8) is 0 Å². The van der Waals surface area contributed by atoms with Crippen molar-refractivity contribution in [2.24, 2.45) is 10.9 Å². The molecule has 2 aliphatic rings. The maximum absolute atomic E-state index is 12.3. The van der Waals surface area contributed by atoms with Gasteiger partial charge in [0, 0.05) is 45.1 Å². The van der Waals surface area contributed by atoms with E-state index in [1.807, 2.05) is 12.1 Å². The number of nitrogens with one attached hydrogen (secondary N) is 1. The molecule has 0 amide bonds. The molecule has 0 bridgehead atoms. The van der Waals surface area contributed by atoms with Crippen molar-refractivity contribution in [2.45, 2.75) is 31.4 Å². The van der Waals surface area contributed by atoms with Crippen molar-refractivity contribution >= 4 is 39.8 Å². The first-order chi connectivity index (χ1) is 12.4. The SMILES string of the molecule is CC1(C)CN(C(=NCC2CCOC2)NCCc2ccco2)CCS1(=O)=O.I. The highest BCUT2D eigenvalue weighted by Gasteiger charge is 2.41. The fourth-order valence-electron chi connectivity index (χ4n) is 3.29. The van der Waals surface area contributed by atoms with Gasteiger partial charge in [0.05, 0.1) is 23.4 Å². The molecule has 154 valence electrons. The van der Waals surface area contributed by atoms with Crippen molar-refractivity contribution in [1.82, 2.24) is 10.2 Å². The molecule has 3 heterocycles. The maximum atomic E-state index is 12.3. The second-order valence-electron chi connectivity index (χ2n) is 7.65. The van der Waals surface area contributed by atoms with E-state index in [4.69, 9.17) is 14.1 Å². The molecule has 1 atom stereocenters. The minimum atomic E-state index is -3.07. The van der Waals surface area contributed by atoms with Crippen LogP contribution in [-0.4, -0.2) is 69.2 Å². The van der Waals surface area contributed by atoms with Crippen LogP contribution in [0.3, 0.4) is 0 Å². The molecule has 1 aromatic heterocycles. The molecule has 1 N–H and O–H groups in total. The third-order valence-electron chi connectivity index (χ3n) is 5.10. The van der Waals surface area contributed by atoms with Gasteiger partial charge in [-0.15, -0.1) is 24.0 Å². The van der Waals surface area contributed by atoms with Crippen LogP contribution in [0, 0.1) is 5.92 Å². The molecule has 1 unspecified atom stereocenters. The lowest BCUT2D eigenvalue weighted by Crippen LogP contribution is -2.57. The van der Waals surface area contributed by atoms with Crippen LogP contribution in [0.4, 0.5) is 0 Å². The molecular weight excluding hydrogens is 481 g/mol. The highest BCUT2D eigenvalue weighted by atomic mass is 127. The number of nitrogens with zero attached hydrogens (tertiary/aromatic N) is 2. The molecule has 9 heteroatoms. The molecule has 3 rings (SSSR count). The zero-order chi connectivity index (χ0) is 18.6. The summed E-state index contributed by atoms with van der Waals surface area (Å²) in [6.07, 6.45) is 3.46. The summed E-state index contributed by atoms with van der Waals surface area (Å²) in [5.41, 5.74) is 0. The van der Waals surface area contributed by atoms with Crippen molar-refractivity contribution in [2.75, 3.05) is 45.1 Å². The van der Waals surface area contributed by atoms with Gasteiger partial charge in [-0.05, 0) is 32.4 Å². The number of furan rings is 1. The molecular formula is C18H30IN3O4S. The van der Waals surface area contributed by atoms with E-state index in [0.29, 0.717) is 32.1 Å². The van der Waals surface area contributed by atoms with Crippen molar-refractivity contribution in [1.29, 1.82) is 0 Å². The molecule has 0 aliphatic carbocycles. The Bertz CT molecular complexity index is 713. The highest BCUT2D eigenvalue weighted by molar-refractivity contribution is 14.0. The maximum Gasteiger partial charge on any atom is 0.194 e. The van der Waals surface area contributed by atoms with E-state index in [2.05, 4.69) is 10.2 Å². The number of ether oxygens (including phenoxy) is 1. The minimum Gasteiger partial charge on any atom is -0.469 e. The molecule has 0 aromatic carbocycles. The second kappa shape index (κ2) is 9.60.